The maximum Gasteiger partial charge on any atom is 0.326 e. The van der Waals surface area contributed by atoms with Crippen LogP contribution >= 0.6 is 0 Å². The zero-order chi connectivity index (χ0) is 21.2. The van der Waals surface area contributed by atoms with Crippen molar-refractivity contribution in [2.45, 2.75) is 38.6 Å². The van der Waals surface area contributed by atoms with Gasteiger partial charge in [-0.3, -0.25) is 14.4 Å². The number of carboxylic acids is 1. The summed E-state index contributed by atoms with van der Waals surface area (Å²) >= 11 is 0. The SMILES string of the molecule is CC(=O)Oc1ccc(CC(NC(=O)CCCC(=O)c2ccccc2)C(=O)O)cc1. The molecule has 0 saturated carbocycles. The van der Waals surface area contributed by atoms with Crippen molar-refractivity contribution in [1.29, 1.82) is 0 Å². The topological polar surface area (TPSA) is 110 Å². The van der Waals surface area contributed by atoms with Crippen LogP contribution in [0.25, 0.3) is 0 Å². The molecule has 2 aromatic rings. The Morgan fingerprint density at radius 1 is 0.966 bits per heavy atom. The molecule has 2 aromatic carbocycles. The Hall–Kier alpha value is -3.48. The van der Waals surface area contributed by atoms with Gasteiger partial charge in [-0.2, -0.15) is 0 Å². The summed E-state index contributed by atoms with van der Waals surface area (Å²) in [6, 6.07) is 14.1. The van der Waals surface area contributed by atoms with Gasteiger partial charge in [0.1, 0.15) is 11.8 Å². The first-order chi connectivity index (χ1) is 13.8. The highest BCUT2D eigenvalue weighted by Gasteiger charge is 2.20. The Morgan fingerprint density at radius 2 is 1.62 bits per heavy atom. The highest BCUT2D eigenvalue weighted by Crippen LogP contribution is 2.14. The van der Waals surface area contributed by atoms with E-state index in [9.17, 15) is 24.3 Å². The van der Waals surface area contributed by atoms with Crippen LogP contribution in [0, 0.1) is 0 Å². The van der Waals surface area contributed by atoms with Gasteiger partial charge >= 0.3 is 11.9 Å². The predicted octanol–water partition coefficient (Wildman–Crippen LogP) is 2.78. The van der Waals surface area contributed by atoms with Gasteiger partial charge in [0.25, 0.3) is 0 Å². The second-order valence-electron chi connectivity index (χ2n) is 6.54. The molecule has 0 saturated heterocycles. The minimum Gasteiger partial charge on any atom is -0.480 e. The molecular weight excluding hydrogens is 374 g/mol. The molecule has 1 unspecified atom stereocenters. The number of rotatable bonds is 10. The van der Waals surface area contributed by atoms with Gasteiger partial charge in [-0.1, -0.05) is 42.5 Å². The largest absolute Gasteiger partial charge is 0.480 e. The first-order valence-corrected chi connectivity index (χ1v) is 9.23. The molecule has 1 amide bonds. The molecular formula is C22H23NO6. The van der Waals surface area contributed by atoms with Crippen molar-refractivity contribution < 1.29 is 29.0 Å². The number of ketones is 1. The number of hydrogen-bond donors (Lipinski definition) is 2. The highest BCUT2D eigenvalue weighted by atomic mass is 16.5. The highest BCUT2D eigenvalue weighted by molar-refractivity contribution is 5.96. The number of carbonyl (C=O) groups is 4. The quantitative estimate of drug-likeness (QED) is 0.362. The third-order valence-corrected chi connectivity index (χ3v) is 4.16. The van der Waals surface area contributed by atoms with Crippen molar-refractivity contribution in [3.63, 3.8) is 0 Å². The number of Topliss-reactive ketones (excluding diaryl/α,β-unsaturated/α-hetero) is 1. The van der Waals surface area contributed by atoms with E-state index >= 15 is 0 Å². The minimum atomic E-state index is -1.15. The van der Waals surface area contributed by atoms with E-state index in [4.69, 9.17) is 4.74 Å². The molecule has 152 valence electrons. The minimum absolute atomic E-state index is 0.0546. The Kier molecular flexibility index (Phi) is 8.09. The molecule has 2 N–H and O–H groups in total. The van der Waals surface area contributed by atoms with Crippen LogP contribution in [0.2, 0.25) is 0 Å². The molecule has 0 aliphatic rings. The number of benzene rings is 2. The molecule has 0 radical (unpaired) electrons. The fourth-order valence-corrected chi connectivity index (χ4v) is 2.74. The van der Waals surface area contributed by atoms with E-state index in [1.165, 1.54) is 6.92 Å². The van der Waals surface area contributed by atoms with Crippen LogP contribution in [-0.2, 0) is 20.8 Å². The lowest BCUT2D eigenvalue weighted by Crippen LogP contribution is -2.42. The predicted molar refractivity (Wildman–Crippen MR) is 106 cm³/mol. The third-order valence-electron chi connectivity index (χ3n) is 4.16. The van der Waals surface area contributed by atoms with E-state index in [1.54, 1.807) is 48.5 Å². The molecule has 1 atom stereocenters. The fraction of sp³-hybridized carbons (Fsp3) is 0.273. The van der Waals surface area contributed by atoms with Crippen molar-refractivity contribution >= 4 is 23.6 Å². The Labute approximate surface area is 168 Å². The molecule has 0 heterocycles. The lowest BCUT2D eigenvalue weighted by atomic mass is 10.0. The third kappa shape index (κ3) is 7.57. The molecule has 0 spiro atoms. The zero-order valence-corrected chi connectivity index (χ0v) is 16.1. The molecule has 29 heavy (non-hydrogen) atoms. The maximum absolute atomic E-state index is 12.1. The van der Waals surface area contributed by atoms with Crippen LogP contribution in [0.4, 0.5) is 0 Å². The van der Waals surface area contributed by atoms with Crippen LogP contribution in [0.5, 0.6) is 5.75 Å². The summed E-state index contributed by atoms with van der Waals surface area (Å²) in [5, 5.41) is 11.9. The lowest BCUT2D eigenvalue weighted by molar-refractivity contribution is -0.141. The van der Waals surface area contributed by atoms with Crippen LogP contribution in [0.1, 0.15) is 42.1 Å². The smallest absolute Gasteiger partial charge is 0.326 e. The van der Waals surface area contributed by atoms with Gasteiger partial charge in [0.15, 0.2) is 5.78 Å². The summed E-state index contributed by atoms with van der Waals surface area (Å²) in [6.45, 7) is 1.29. The van der Waals surface area contributed by atoms with Gasteiger partial charge in [0.05, 0.1) is 0 Å². The van der Waals surface area contributed by atoms with Gasteiger partial charge in [0.2, 0.25) is 5.91 Å². The second-order valence-corrected chi connectivity index (χ2v) is 6.54. The molecule has 7 heteroatoms. The number of carbonyl (C=O) groups excluding carboxylic acids is 3. The number of amides is 1. The van der Waals surface area contributed by atoms with Crippen molar-refractivity contribution in [3.05, 3.63) is 65.7 Å². The molecule has 0 aliphatic carbocycles. The zero-order valence-electron chi connectivity index (χ0n) is 16.1. The van der Waals surface area contributed by atoms with Crippen molar-refractivity contribution in [1.82, 2.24) is 5.32 Å². The lowest BCUT2D eigenvalue weighted by Gasteiger charge is -2.15. The first kappa shape index (κ1) is 21.8. The van der Waals surface area contributed by atoms with Crippen LogP contribution in [-0.4, -0.2) is 34.8 Å². The molecule has 0 bridgehead atoms. The number of ether oxygens (including phenoxy) is 1. The Bertz CT molecular complexity index is 861. The van der Waals surface area contributed by atoms with E-state index in [0.29, 0.717) is 23.3 Å². The summed E-state index contributed by atoms with van der Waals surface area (Å²) in [4.78, 5) is 46.5. The van der Waals surface area contributed by atoms with Gasteiger partial charge in [-0.15, -0.1) is 0 Å². The summed E-state index contributed by atoms with van der Waals surface area (Å²) in [5.41, 5.74) is 1.27. The van der Waals surface area contributed by atoms with Crippen LogP contribution in [0.15, 0.2) is 54.6 Å². The van der Waals surface area contributed by atoms with Crippen molar-refractivity contribution in [2.24, 2.45) is 0 Å². The van der Waals surface area contributed by atoms with E-state index in [-0.39, 0.29) is 25.0 Å². The average Bonchev–Trinajstić information content (AvgIpc) is 2.69. The first-order valence-electron chi connectivity index (χ1n) is 9.23. The number of esters is 1. The summed E-state index contributed by atoms with van der Waals surface area (Å²) < 4.78 is 4.93. The van der Waals surface area contributed by atoms with Crippen LogP contribution < -0.4 is 10.1 Å². The number of carboxylic acid groups (broad SMARTS) is 1. The van der Waals surface area contributed by atoms with E-state index in [0.717, 1.165) is 0 Å². The van der Waals surface area contributed by atoms with Crippen molar-refractivity contribution in [3.8, 4) is 5.75 Å². The fourth-order valence-electron chi connectivity index (χ4n) is 2.74. The number of hydrogen-bond acceptors (Lipinski definition) is 5. The summed E-state index contributed by atoms with van der Waals surface area (Å²) in [6.07, 6.45) is 0.702. The molecule has 0 aromatic heterocycles. The number of aliphatic carboxylic acids is 1. The Balaban J connectivity index is 1.83. The molecule has 0 aliphatic heterocycles. The number of nitrogens with one attached hydrogen (secondary N) is 1. The van der Waals surface area contributed by atoms with Gasteiger partial charge in [-0.05, 0) is 24.1 Å². The van der Waals surface area contributed by atoms with Gasteiger partial charge in [-0.25, -0.2) is 4.79 Å². The molecule has 2 rings (SSSR count). The van der Waals surface area contributed by atoms with Gasteiger partial charge in [0, 0.05) is 31.7 Å². The van der Waals surface area contributed by atoms with E-state index < -0.39 is 23.9 Å². The normalized spacial score (nSPS) is 11.3. The van der Waals surface area contributed by atoms with Crippen molar-refractivity contribution in [2.75, 3.05) is 0 Å². The van der Waals surface area contributed by atoms with Gasteiger partial charge < -0.3 is 15.2 Å². The monoisotopic (exact) mass is 397 g/mol. The van der Waals surface area contributed by atoms with E-state index in [2.05, 4.69) is 5.32 Å². The summed E-state index contributed by atoms with van der Waals surface area (Å²) in [7, 11) is 0. The molecule has 7 nitrogen and oxygen atoms in total. The van der Waals surface area contributed by atoms with Crippen LogP contribution in [0.3, 0.4) is 0 Å². The maximum atomic E-state index is 12.1. The molecule has 0 fully saturated rings. The standard InChI is InChI=1S/C22H23NO6/c1-15(24)29-18-12-10-16(11-13-18)14-19(22(27)28)23-21(26)9-5-8-20(25)17-6-3-2-4-7-17/h2-4,6-7,10-13,19H,5,8-9,14H2,1H3,(H,23,26)(H,27,28). The average molecular weight is 397 g/mol. The Morgan fingerprint density at radius 3 is 2.21 bits per heavy atom. The summed E-state index contributed by atoms with van der Waals surface area (Å²) in [5.74, 6) is -1.71. The second kappa shape index (κ2) is 10.8. The van der Waals surface area contributed by atoms with E-state index in [1.807, 2.05) is 6.07 Å².